The van der Waals surface area contributed by atoms with Crippen molar-refractivity contribution in [2.75, 3.05) is 32.8 Å². The summed E-state index contributed by atoms with van der Waals surface area (Å²) in [5.74, 6) is 0.665. The molecule has 0 aromatic heterocycles. The maximum atomic E-state index is 9.04. The molecule has 0 aliphatic carbocycles. The van der Waals surface area contributed by atoms with Gasteiger partial charge in [0.2, 0.25) is 0 Å². The standard InChI is InChI=1S/C12H26N2O/c1-10(2)12-9-14(11(3)4)6-5-13(12)7-8-15/h10-12,15H,5-9H2,1-4H3. The fourth-order valence-corrected chi connectivity index (χ4v) is 2.38. The van der Waals surface area contributed by atoms with Crippen LogP contribution in [0.25, 0.3) is 0 Å². The molecule has 0 radical (unpaired) electrons. The summed E-state index contributed by atoms with van der Waals surface area (Å²) in [6, 6.07) is 1.25. The lowest BCUT2D eigenvalue weighted by Crippen LogP contribution is -2.57. The Labute approximate surface area is 94.1 Å². The van der Waals surface area contributed by atoms with Gasteiger partial charge < -0.3 is 5.11 Å². The smallest absolute Gasteiger partial charge is 0.0558 e. The van der Waals surface area contributed by atoms with Crippen molar-refractivity contribution in [2.24, 2.45) is 5.92 Å². The molecule has 3 heteroatoms. The highest BCUT2D eigenvalue weighted by molar-refractivity contribution is 4.85. The van der Waals surface area contributed by atoms with Crippen LogP contribution in [0.2, 0.25) is 0 Å². The van der Waals surface area contributed by atoms with Crippen LogP contribution in [-0.2, 0) is 0 Å². The zero-order chi connectivity index (χ0) is 11.4. The third-order valence-corrected chi connectivity index (χ3v) is 3.45. The van der Waals surface area contributed by atoms with E-state index in [1.807, 2.05) is 0 Å². The third kappa shape index (κ3) is 3.44. The number of rotatable bonds is 4. The molecule has 90 valence electrons. The predicted molar refractivity (Wildman–Crippen MR) is 64.0 cm³/mol. The summed E-state index contributed by atoms with van der Waals surface area (Å²) >= 11 is 0. The van der Waals surface area contributed by atoms with Crippen LogP contribution in [0.15, 0.2) is 0 Å². The van der Waals surface area contributed by atoms with Crippen LogP contribution < -0.4 is 0 Å². The van der Waals surface area contributed by atoms with E-state index in [-0.39, 0.29) is 6.61 Å². The first kappa shape index (κ1) is 12.9. The second kappa shape index (κ2) is 5.83. The Bertz CT molecular complexity index is 182. The van der Waals surface area contributed by atoms with Gasteiger partial charge in [0, 0.05) is 38.3 Å². The highest BCUT2D eigenvalue weighted by Gasteiger charge is 2.29. The van der Waals surface area contributed by atoms with Gasteiger partial charge >= 0.3 is 0 Å². The molecule has 1 heterocycles. The second-order valence-electron chi connectivity index (χ2n) is 5.16. The molecule has 1 saturated heterocycles. The van der Waals surface area contributed by atoms with Crippen LogP contribution in [0, 0.1) is 5.92 Å². The lowest BCUT2D eigenvalue weighted by atomic mass is 9.99. The Morgan fingerprint density at radius 3 is 2.33 bits per heavy atom. The zero-order valence-electron chi connectivity index (χ0n) is 10.6. The molecule has 1 rings (SSSR count). The van der Waals surface area contributed by atoms with Crippen LogP contribution >= 0.6 is 0 Å². The van der Waals surface area contributed by atoms with Gasteiger partial charge in [0.15, 0.2) is 0 Å². The minimum absolute atomic E-state index is 0.283. The molecular weight excluding hydrogens is 188 g/mol. The maximum Gasteiger partial charge on any atom is 0.0558 e. The summed E-state index contributed by atoms with van der Waals surface area (Å²) in [6.07, 6.45) is 0. The molecule has 1 atom stereocenters. The van der Waals surface area contributed by atoms with E-state index >= 15 is 0 Å². The van der Waals surface area contributed by atoms with Crippen molar-refractivity contribution in [3.8, 4) is 0 Å². The van der Waals surface area contributed by atoms with Crippen LogP contribution in [0.5, 0.6) is 0 Å². The molecule has 1 N–H and O–H groups in total. The van der Waals surface area contributed by atoms with Crippen molar-refractivity contribution in [3.63, 3.8) is 0 Å². The van der Waals surface area contributed by atoms with E-state index < -0.39 is 0 Å². The average molecular weight is 214 g/mol. The highest BCUT2D eigenvalue weighted by Crippen LogP contribution is 2.18. The molecule has 0 bridgehead atoms. The Morgan fingerprint density at radius 1 is 1.20 bits per heavy atom. The first-order chi connectivity index (χ1) is 7.06. The van der Waals surface area contributed by atoms with Gasteiger partial charge in [0.05, 0.1) is 6.61 Å². The second-order valence-corrected chi connectivity index (χ2v) is 5.16. The number of nitrogens with zero attached hydrogens (tertiary/aromatic N) is 2. The van der Waals surface area contributed by atoms with Crippen molar-refractivity contribution >= 4 is 0 Å². The molecular formula is C12H26N2O. The molecule has 3 nitrogen and oxygen atoms in total. The largest absolute Gasteiger partial charge is 0.395 e. The van der Waals surface area contributed by atoms with Gasteiger partial charge in [0.25, 0.3) is 0 Å². The van der Waals surface area contributed by atoms with Crippen molar-refractivity contribution in [3.05, 3.63) is 0 Å². The summed E-state index contributed by atoms with van der Waals surface area (Å²) in [6.45, 7) is 13.6. The minimum atomic E-state index is 0.283. The van der Waals surface area contributed by atoms with E-state index in [0.717, 1.165) is 26.2 Å². The SMILES string of the molecule is CC(C)C1CN(C(C)C)CCN1CCO. The number of hydrogen-bond acceptors (Lipinski definition) is 3. The molecule has 0 aromatic carbocycles. The fraction of sp³-hybridized carbons (Fsp3) is 1.00. The van der Waals surface area contributed by atoms with Crippen molar-refractivity contribution in [2.45, 2.75) is 39.8 Å². The van der Waals surface area contributed by atoms with E-state index in [0.29, 0.717) is 18.0 Å². The van der Waals surface area contributed by atoms with Gasteiger partial charge in [-0.25, -0.2) is 0 Å². The maximum absolute atomic E-state index is 9.04. The normalized spacial score (nSPS) is 25.4. The summed E-state index contributed by atoms with van der Waals surface area (Å²) < 4.78 is 0. The average Bonchev–Trinajstić information content (AvgIpc) is 2.18. The van der Waals surface area contributed by atoms with E-state index in [1.54, 1.807) is 0 Å². The summed E-state index contributed by atoms with van der Waals surface area (Å²) in [5, 5.41) is 9.04. The third-order valence-electron chi connectivity index (χ3n) is 3.45. The van der Waals surface area contributed by atoms with Crippen LogP contribution in [0.3, 0.4) is 0 Å². The molecule has 1 unspecified atom stereocenters. The number of β-amino-alcohol motifs (C(OH)–C–C–N with tert-alkyl or cyclic N) is 1. The molecule has 1 aliphatic heterocycles. The summed E-state index contributed by atoms with van der Waals surface area (Å²) in [4.78, 5) is 4.97. The Morgan fingerprint density at radius 2 is 1.87 bits per heavy atom. The monoisotopic (exact) mass is 214 g/mol. The molecule has 1 aliphatic rings. The van der Waals surface area contributed by atoms with Crippen molar-refractivity contribution in [1.82, 2.24) is 9.80 Å². The predicted octanol–water partition coefficient (Wildman–Crippen LogP) is 1.03. The van der Waals surface area contributed by atoms with Gasteiger partial charge in [-0.3, -0.25) is 9.80 Å². The molecule has 0 saturated carbocycles. The number of hydrogen-bond donors (Lipinski definition) is 1. The fourth-order valence-electron chi connectivity index (χ4n) is 2.38. The van der Waals surface area contributed by atoms with E-state index in [1.165, 1.54) is 0 Å². The van der Waals surface area contributed by atoms with E-state index in [9.17, 15) is 0 Å². The van der Waals surface area contributed by atoms with Crippen molar-refractivity contribution in [1.29, 1.82) is 0 Å². The zero-order valence-corrected chi connectivity index (χ0v) is 10.6. The molecule has 15 heavy (non-hydrogen) atoms. The Balaban J connectivity index is 2.56. The van der Waals surface area contributed by atoms with Gasteiger partial charge in [-0.05, 0) is 19.8 Å². The van der Waals surface area contributed by atoms with E-state index in [4.69, 9.17) is 5.11 Å². The lowest BCUT2D eigenvalue weighted by molar-refractivity contribution is 0.0251. The molecule has 0 amide bonds. The van der Waals surface area contributed by atoms with Gasteiger partial charge in [-0.2, -0.15) is 0 Å². The Hall–Kier alpha value is -0.120. The van der Waals surface area contributed by atoms with Crippen LogP contribution in [0.1, 0.15) is 27.7 Å². The topological polar surface area (TPSA) is 26.7 Å². The molecule has 0 spiro atoms. The first-order valence-electron chi connectivity index (χ1n) is 6.15. The summed E-state index contributed by atoms with van der Waals surface area (Å²) in [5.41, 5.74) is 0. The Kier molecular flexibility index (Phi) is 5.03. The lowest BCUT2D eigenvalue weighted by Gasteiger charge is -2.44. The quantitative estimate of drug-likeness (QED) is 0.757. The highest BCUT2D eigenvalue weighted by atomic mass is 16.3. The first-order valence-corrected chi connectivity index (χ1v) is 6.15. The minimum Gasteiger partial charge on any atom is -0.395 e. The van der Waals surface area contributed by atoms with Gasteiger partial charge in [-0.15, -0.1) is 0 Å². The van der Waals surface area contributed by atoms with Crippen LogP contribution in [-0.4, -0.2) is 59.8 Å². The number of aliphatic hydroxyl groups is 1. The van der Waals surface area contributed by atoms with Gasteiger partial charge in [0.1, 0.15) is 0 Å². The number of piperazine rings is 1. The molecule has 0 aromatic rings. The van der Waals surface area contributed by atoms with E-state index in [2.05, 4.69) is 37.5 Å². The van der Waals surface area contributed by atoms with Crippen molar-refractivity contribution < 1.29 is 5.11 Å². The summed E-state index contributed by atoms with van der Waals surface area (Å²) in [7, 11) is 0. The number of aliphatic hydroxyl groups excluding tert-OH is 1. The molecule has 1 fully saturated rings. The van der Waals surface area contributed by atoms with Gasteiger partial charge in [-0.1, -0.05) is 13.8 Å². The van der Waals surface area contributed by atoms with Crippen LogP contribution in [0.4, 0.5) is 0 Å².